The van der Waals surface area contributed by atoms with E-state index < -0.39 is 10.2 Å². The van der Waals surface area contributed by atoms with Crippen LogP contribution in [0.1, 0.15) is 34.1 Å². The Labute approximate surface area is 105 Å². The van der Waals surface area contributed by atoms with Crippen molar-refractivity contribution in [2.75, 3.05) is 13.2 Å². The molecule has 8 nitrogen and oxygen atoms in total. The molecule has 0 aliphatic rings. The van der Waals surface area contributed by atoms with E-state index in [0.29, 0.717) is 6.42 Å². The molecule has 0 amide bonds. The van der Waals surface area contributed by atoms with Gasteiger partial charge >= 0.3 is 0 Å². The summed E-state index contributed by atoms with van der Waals surface area (Å²) in [5.74, 6) is -0.372. The Balaban J connectivity index is 4.67. The summed E-state index contributed by atoms with van der Waals surface area (Å²) in [4.78, 5) is 29.2. The molecule has 18 heavy (non-hydrogen) atoms. The van der Waals surface area contributed by atoms with E-state index in [2.05, 4.69) is 9.68 Å². The second-order valence-electron chi connectivity index (χ2n) is 5.18. The van der Waals surface area contributed by atoms with Gasteiger partial charge in [0.2, 0.25) is 0 Å². The van der Waals surface area contributed by atoms with Crippen LogP contribution in [-0.2, 0) is 9.68 Å². The number of rotatable bonds is 8. The van der Waals surface area contributed by atoms with E-state index in [0.717, 1.165) is 0 Å². The van der Waals surface area contributed by atoms with Crippen LogP contribution >= 0.6 is 0 Å². The number of hydrogen-bond donors (Lipinski definition) is 0. The quantitative estimate of drug-likeness (QED) is 0.491. The Kier molecular flexibility index (Phi) is 6.35. The maximum absolute atomic E-state index is 10.3. The SMILES string of the molecule is CCC(CO[N+](=O)[O-])C(CO[N+](=O)[O-])C(C)(C)C. The molecule has 0 fully saturated rings. The summed E-state index contributed by atoms with van der Waals surface area (Å²) >= 11 is 0. The van der Waals surface area contributed by atoms with E-state index >= 15 is 0 Å². The van der Waals surface area contributed by atoms with E-state index in [1.165, 1.54) is 0 Å². The van der Waals surface area contributed by atoms with Gasteiger partial charge in [-0.2, -0.15) is 0 Å². The summed E-state index contributed by atoms with van der Waals surface area (Å²) in [5, 5.41) is 18.8. The van der Waals surface area contributed by atoms with Crippen LogP contribution in [0.5, 0.6) is 0 Å². The highest BCUT2D eigenvalue weighted by Gasteiger charge is 2.33. The molecule has 0 saturated heterocycles. The molecule has 0 bridgehead atoms. The van der Waals surface area contributed by atoms with Gasteiger partial charge in [0.25, 0.3) is 10.2 Å². The lowest BCUT2D eigenvalue weighted by Gasteiger charge is -2.35. The zero-order valence-corrected chi connectivity index (χ0v) is 11.1. The van der Waals surface area contributed by atoms with E-state index in [9.17, 15) is 20.2 Å². The van der Waals surface area contributed by atoms with Crippen molar-refractivity contribution in [3.05, 3.63) is 20.2 Å². The first-order valence-electron chi connectivity index (χ1n) is 5.73. The fourth-order valence-electron chi connectivity index (χ4n) is 1.91. The molecule has 2 unspecified atom stereocenters. The third kappa shape index (κ3) is 6.21. The molecular formula is C10H20N2O6. The third-order valence-corrected chi connectivity index (χ3v) is 2.96. The van der Waals surface area contributed by atoms with Crippen LogP contribution in [0, 0.1) is 37.5 Å². The molecule has 8 heteroatoms. The van der Waals surface area contributed by atoms with Crippen molar-refractivity contribution < 1.29 is 19.8 Å². The van der Waals surface area contributed by atoms with Crippen LogP contribution in [0.25, 0.3) is 0 Å². The Hall–Kier alpha value is -1.60. The lowest BCUT2D eigenvalue weighted by atomic mass is 9.73. The smallest absolute Gasteiger partial charge is 0.294 e. The fourth-order valence-corrected chi connectivity index (χ4v) is 1.91. The highest BCUT2D eigenvalue weighted by molar-refractivity contribution is 4.79. The van der Waals surface area contributed by atoms with Gasteiger partial charge in [-0.25, -0.2) is 0 Å². The van der Waals surface area contributed by atoms with E-state index in [4.69, 9.17) is 0 Å². The van der Waals surface area contributed by atoms with Crippen LogP contribution in [0.15, 0.2) is 0 Å². The predicted octanol–water partition coefficient (Wildman–Crippen LogP) is 2.09. The summed E-state index contributed by atoms with van der Waals surface area (Å²) < 4.78 is 0. The highest BCUT2D eigenvalue weighted by Crippen LogP contribution is 2.34. The molecule has 0 aromatic carbocycles. The van der Waals surface area contributed by atoms with Gasteiger partial charge in [-0.05, 0) is 17.3 Å². The molecule has 0 rings (SSSR count). The van der Waals surface area contributed by atoms with Gasteiger partial charge in [0.15, 0.2) is 0 Å². The molecule has 0 saturated carbocycles. The summed E-state index contributed by atoms with van der Waals surface area (Å²) in [7, 11) is 0. The standard InChI is InChI=1S/C10H20N2O6/c1-5-8(6-17-11(13)14)9(10(2,3)4)7-18-12(15)16/h8-9H,5-7H2,1-4H3. The maximum atomic E-state index is 10.3. The molecule has 106 valence electrons. The molecule has 0 radical (unpaired) electrons. The van der Waals surface area contributed by atoms with E-state index in [1.807, 2.05) is 27.7 Å². The summed E-state index contributed by atoms with van der Waals surface area (Å²) in [6, 6.07) is 0. The second kappa shape index (κ2) is 6.97. The Morgan fingerprint density at radius 3 is 1.83 bits per heavy atom. The van der Waals surface area contributed by atoms with Crippen molar-refractivity contribution in [2.24, 2.45) is 17.3 Å². The van der Waals surface area contributed by atoms with Crippen LogP contribution in [0.4, 0.5) is 0 Å². The second-order valence-corrected chi connectivity index (χ2v) is 5.18. The normalized spacial score (nSPS) is 14.7. The molecule has 0 aliphatic carbocycles. The van der Waals surface area contributed by atoms with Gasteiger partial charge < -0.3 is 9.68 Å². The molecule has 0 aromatic rings. The van der Waals surface area contributed by atoms with Crippen LogP contribution in [0.3, 0.4) is 0 Å². The van der Waals surface area contributed by atoms with Crippen LogP contribution in [0.2, 0.25) is 0 Å². The lowest BCUT2D eigenvalue weighted by Crippen LogP contribution is -2.35. The monoisotopic (exact) mass is 264 g/mol. The van der Waals surface area contributed by atoms with E-state index in [-0.39, 0.29) is 30.5 Å². The molecule has 0 aliphatic heterocycles. The van der Waals surface area contributed by atoms with Crippen molar-refractivity contribution in [3.63, 3.8) is 0 Å². The van der Waals surface area contributed by atoms with Crippen molar-refractivity contribution in [2.45, 2.75) is 34.1 Å². The van der Waals surface area contributed by atoms with Crippen LogP contribution in [-0.4, -0.2) is 23.4 Å². The summed E-state index contributed by atoms with van der Waals surface area (Å²) in [6.07, 6.45) is 0.622. The molecular weight excluding hydrogens is 244 g/mol. The molecule has 0 N–H and O–H groups in total. The zero-order chi connectivity index (χ0) is 14.3. The van der Waals surface area contributed by atoms with Crippen molar-refractivity contribution in [1.29, 1.82) is 0 Å². The molecule has 2 atom stereocenters. The predicted molar refractivity (Wildman–Crippen MR) is 62.6 cm³/mol. The minimum absolute atomic E-state index is 0.0769. The summed E-state index contributed by atoms with van der Waals surface area (Å²) in [5.41, 5.74) is -0.267. The topological polar surface area (TPSA) is 105 Å². The van der Waals surface area contributed by atoms with Crippen molar-refractivity contribution in [3.8, 4) is 0 Å². The van der Waals surface area contributed by atoms with Crippen molar-refractivity contribution in [1.82, 2.24) is 0 Å². The van der Waals surface area contributed by atoms with Gasteiger partial charge in [0.05, 0.1) is 6.61 Å². The highest BCUT2D eigenvalue weighted by atomic mass is 17.0. The largest absolute Gasteiger partial charge is 0.314 e. The lowest BCUT2D eigenvalue weighted by molar-refractivity contribution is -0.764. The minimum Gasteiger partial charge on any atom is -0.314 e. The van der Waals surface area contributed by atoms with Gasteiger partial charge in [0, 0.05) is 0 Å². The number of hydrogen-bond acceptors (Lipinski definition) is 6. The molecule has 0 aromatic heterocycles. The summed E-state index contributed by atoms with van der Waals surface area (Å²) in [6.45, 7) is 7.43. The fraction of sp³-hybridized carbons (Fsp3) is 1.00. The maximum Gasteiger partial charge on any atom is 0.294 e. The van der Waals surface area contributed by atoms with E-state index in [1.54, 1.807) is 0 Å². The van der Waals surface area contributed by atoms with Gasteiger partial charge in [-0.3, -0.25) is 0 Å². The molecule has 0 heterocycles. The number of nitrogens with zero attached hydrogens (tertiary/aromatic N) is 2. The first-order chi connectivity index (χ1) is 8.18. The van der Waals surface area contributed by atoms with Gasteiger partial charge in [0.1, 0.15) is 6.61 Å². The molecule has 0 spiro atoms. The average molecular weight is 264 g/mol. The average Bonchev–Trinajstić information content (AvgIpc) is 2.20. The Morgan fingerprint density at radius 2 is 1.50 bits per heavy atom. The first kappa shape index (κ1) is 16.4. The first-order valence-corrected chi connectivity index (χ1v) is 5.73. The van der Waals surface area contributed by atoms with Gasteiger partial charge in [-0.15, -0.1) is 20.2 Å². The Morgan fingerprint density at radius 1 is 1.06 bits per heavy atom. The Bertz CT molecular complexity index is 289. The van der Waals surface area contributed by atoms with Crippen molar-refractivity contribution >= 4 is 0 Å². The minimum atomic E-state index is -0.850. The van der Waals surface area contributed by atoms with Crippen LogP contribution < -0.4 is 0 Å². The third-order valence-electron chi connectivity index (χ3n) is 2.96. The van der Waals surface area contributed by atoms with Gasteiger partial charge in [-0.1, -0.05) is 34.1 Å². The zero-order valence-electron chi connectivity index (χ0n) is 11.1.